The molecule has 2 rings (SSSR count). The van der Waals surface area contributed by atoms with Gasteiger partial charge in [-0.05, 0) is 17.7 Å². The fourth-order valence-electron chi connectivity index (χ4n) is 2.10. The Morgan fingerprint density at radius 1 is 1.29 bits per heavy atom. The zero-order chi connectivity index (χ0) is 15.5. The third-order valence-electron chi connectivity index (χ3n) is 3.13. The number of ether oxygens (including phenoxy) is 1. The topological polar surface area (TPSA) is 50.4 Å². The van der Waals surface area contributed by atoms with Crippen LogP contribution in [0, 0.1) is 0 Å². The van der Waals surface area contributed by atoms with Gasteiger partial charge in [0, 0.05) is 6.42 Å². The molecule has 1 aliphatic rings. The predicted molar refractivity (Wildman–Crippen MR) is 71.0 cm³/mol. The lowest BCUT2D eigenvalue weighted by molar-refractivity contribution is -0.158. The van der Waals surface area contributed by atoms with Gasteiger partial charge in [-0.2, -0.15) is 13.2 Å². The Bertz CT molecular complexity index is 514. The average molecular weight is 300 g/mol. The van der Waals surface area contributed by atoms with E-state index in [0.29, 0.717) is 17.9 Å². The van der Waals surface area contributed by atoms with Crippen LogP contribution in [0.25, 0.3) is 0 Å². The highest BCUT2D eigenvalue weighted by atomic mass is 19.4. The number of alkyl halides is 3. The maximum Gasteiger partial charge on any atom is 0.408 e. The van der Waals surface area contributed by atoms with Crippen molar-refractivity contribution in [3.63, 3.8) is 0 Å². The number of carbonyl (C=O) groups excluding carboxylic acids is 1. The molecule has 0 radical (unpaired) electrons. The quantitative estimate of drug-likeness (QED) is 0.840. The number of amides is 2. The molecule has 0 aromatic heterocycles. The molecule has 21 heavy (non-hydrogen) atoms. The lowest BCUT2D eigenvalue weighted by Gasteiger charge is -2.32. The molecule has 7 heteroatoms. The Balaban J connectivity index is 2.09. The molecule has 1 heterocycles. The smallest absolute Gasteiger partial charge is 0.408 e. The van der Waals surface area contributed by atoms with Gasteiger partial charge in [0.05, 0.1) is 6.04 Å². The van der Waals surface area contributed by atoms with Crippen LogP contribution in [0.15, 0.2) is 36.9 Å². The number of hydrogen-bond acceptors (Lipinski definition) is 2. The Morgan fingerprint density at radius 2 is 1.95 bits per heavy atom. The van der Waals surface area contributed by atoms with Gasteiger partial charge in [0.1, 0.15) is 18.4 Å². The van der Waals surface area contributed by atoms with Crippen LogP contribution in [0.5, 0.6) is 5.75 Å². The van der Waals surface area contributed by atoms with Crippen LogP contribution in [0.1, 0.15) is 18.0 Å². The number of hydrogen-bond donors (Lipinski definition) is 2. The summed E-state index contributed by atoms with van der Waals surface area (Å²) in [7, 11) is 0. The monoisotopic (exact) mass is 300 g/mol. The second-order valence-electron chi connectivity index (χ2n) is 4.67. The van der Waals surface area contributed by atoms with E-state index in [2.05, 4.69) is 11.9 Å². The Morgan fingerprint density at radius 3 is 2.52 bits per heavy atom. The van der Waals surface area contributed by atoms with Crippen LogP contribution < -0.4 is 15.4 Å². The molecule has 0 bridgehead atoms. The maximum atomic E-state index is 12.7. The average Bonchev–Trinajstić information content (AvgIpc) is 2.44. The van der Waals surface area contributed by atoms with E-state index >= 15 is 0 Å². The summed E-state index contributed by atoms with van der Waals surface area (Å²) in [5.41, 5.74) is 0.602. The lowest BCUT2D eigenvalue weighted by Crippen LogP contribution is -2.56. The summed E-state index contributed by atoms with van der Waals surface area (Å²) in [6, 6.07) is 3.24. The van der Waals surface area contributed by atoms with Gasteiger partial charge < -0.3 is 15.4 Å². The van der Waals surface area contributed by atoms with Crippen molar-refractivity contribution in [2.45, 2.75) is 24.7 Å². The number of carbonyl (C=O) groups is 1. The fraction of sp³-hybridized carbons (Fsp3) is 0.357. The maximum absolute atomic E-state index is 12.7. The second-order valence-corrected chi connectivity index (χ2v) is 4.67. The number of benzene rings is 1. The highest BCUT2D eigenvalue weighted by Crippen LogP contribution is 2.31. The molecule has 4 nitrogen and oxygen atoms in total. The van der Waals surface area contributed by atoms with Gasteiger partial charge in [0.2, 0.25) is 0 Å². The lowest BCUT2D eigenvalue weighted by atomic mass is 9.97. The van der Waals surface area contributed by atoms with Crippen molar-refractivity contribution in [3.8, 4) is 5.75 Å². The van der Waals surface area contributed by atoms with E-state index in [0.717, 1.165) is 0 Å². The van der Waals surface area contributed by atoms with Gasteiger partial charge in [-0.15, -0.1) is 0 Å². The minimum Gasteiger partial charge on any atom is -0.490 e. The first kappa shape index (κ1) is 15.2. The standard InChI is InChI=1S/C14H15F3N2O2/c1-2-7-21-10-5-3-9(4-6-10)11-8-12(14(15,16)17)19-13(20)18-11/h2-6,11-12H,1,7-8H2,(H2,18,19,20). The van der Waals surface area contributed by atoms with Crippen LogP contribution in [0.2, 0.25) is 0 Å². The SMILES string of the molecule is C=CCOc1ccc(C2CC(C(F)(F)F)NC(=O)N2)cc1. The zero-order valence-corrected chi connectivity index (χ0v) is 11.1. The van der Waals surface area contributed by atoms with Crippen molar-refractivity contribution in [2.75, 3.05) is 6.61 Å². The van der Waals surface area contributed by atoms with Crippen LogP contribution in [0.4, 0.5) is 18.0 Å². The normalized spacial score (nSPS) is 22.1. The van der Waals surface area contributed by atoms with Crippen molar-refractivity contribution in [2.24, 2.45) is 0 Å². The van der Waals surface area contributed by atoms with Crippen LogP contribution >= 0.6 is 0 Å². The van der Waals surface area contributed by atoms with Crippen LogP contribution in [0.3, 0.4) is 0 Å². The summed E-state index contributed by atoms with van der Waals surface area (Å²) in [4.78, 5) is 11.4. The summed E-state index contributed by atoms with van der Waals surface area (Å²) >= 11 is 0. The van der Waals surface area contributed by atoms with Gasteiger partial charge in [0.15, 0.2) is 0 Å². The molecular weight excluding hydrogens is 285 g/mol. The van der Waals surface area contributed by atoms with E-state index in [-0.39, 0.29) is 6.42 Å². The zero-order valence-electron chi connectivity index (χ0n) is 11.1. The molecule has 1 aliphatic heterocycles. The van der Waals surface area contributed by atoms with Crippen molar-refractivity contribution in [1.29, 1.82) is 0 Å². The van der Waals surface area contributed by atoms with Crippen molar-refractivity contribution >= 4 is 6.03 Å². The van der Waals surface area contributed by atoms with E-state index in [4.69, 9.17) is 4.74 Å². The highest BCUT2D eigenvalue weighted by Gasteiger charge is 2.44. The van der Waals surface area contributed by atoms with Crippen molar-refractivity contribution in [1.82, 2.24) is 10.6 Å². The van der Waals surface area contributed by atoms with E-state index in [9.17, 15) is 18.0 Å². The molecule has 2 N–H and O–H groups in total. The first-order valence-corrected chi connectivity index (χ1v) is 6.37. The summed E-state index contributed by atoms with van der Waals surface area (Å²) in [6.45, 7) is 3.87. The van der Waals surface area contributed by atoms with Crippen molar-refractivity contribution in [3.05, 3.63) is 42.5 Å². The van der Waals surface area contributed by atoms with Gasteiger partial charge in [-0.1, -0.05) is 24.8 Å². The largest absolute Gasteiger partial charge is 0.490 e. The van der Waals surface area contributed by atoms with Crippen LogP contribution in [-0.2, 0) is 0 Å². The molecule has 1 fully saturated rings. The summed E-state index contributed by atoms with van der Waals surface area (Å²) in [6.07, 6.45) is -3.11. The minimum absolute atomic E-state index is 0.248. The molecule has 0 saturated carbocycles. The highest BCUT2D eigenvalue weighted by molar-refractivity contribution is 5.76. The predicted octanol–water partition coefficient (Wildman–Crippen LogP) is 2.93. The first-order valence-electron chi connectivity index (χ1n) is 6.37. The summed E-state index contributed by atoms with van der Waals surface area (Å²) in [5, 5.41) is 4.37. The van der Waals surface area contributed by atoms with E-state index in [1.165, 1.54) is 0 Å². The molecule has 0 aliphatic carbocycles. The Kier molecular flexibility index (Phi) is 4.40. The van der Waals surface area contributed by atoms with E-state index in [1.807, 2.05) is 5.32 Å². The molecule has 0 spiro atoms. The van der Waals surface area contributed by atoms with Gasteiger partial charge in [-0.3, -0.25) is 0 Å². The van der Waals surface area contributed by atoms with E-state index < -0.39 is 24.3 Å². The summed E-state index contributed by atoms with van der Waals surface area (Å²) < 4.78 is 43.5. The summed E-state index contributed by atoms with van der Waals surface area (Å²) in [5.74, 6) is 0.589. The van der Waals surface area contributed by atoms with Crippen molar-refractivity contribution < 1.29 is 22.7 Å². The minimum atomic E-state index is -4.46. The van der Waals surface area contributed by atoms with Gasteiger partial charge in [-0.25, -0.2) is 4.79 Å². The molecule has 1 aromatic carbocycles. The van der Waals surface area contributed by atoms with Crippen LogP contribution in [-0.4, -0.2) is 24.9 Å². The fourth-order valence-corrected chi connectivity index (χ4v) is 2.10. The number of halogens is 3. The molecule has 1 aromatic rings. The molecule has 2 amide bonds. The Labute approximate surface area is 120 Å². The van der Waals surface area contributed by atoms with Gasteiger partial charge in [0.25, 0.3) is 0 Å². The number of rotatable bonds is 4. The third kappa shape index (κ3) is 3.90. The third-order valence-corrected chi connectivity index (χ3v) is 3.13. The number of urea groups is 1. The second kappa shape index (κ2) is 6.07. The molecular formula is C14H15F3N2O2. The molecule has 2 unspecified atom stereocenters. The first-order chi connectivity index (χ1) is 9.90. The molecule has 114 valence electrons. The van der Waals surface area contributed by atoms with E-state index in [1.54, 1.807) is 30.3 Å². The Hall–Kier alpha value is -2.18. The number of nitrogens with one attached hydrogen (secondary N) is 2. The molecule has 2 atom stereocenters. The molecule has 1 saturated heterocycles. The van der Waals surface area contributed by atoms with Gasteiger partial charge >= 0.3 is 12.2 Å².